The number of nitrogens with two attached hydrogens (primary N) is 1. The number of aliphatic carboxylic acids is 1. The van der Waals surface area contributed by atoms with Crippen molar-refractivity contribution in [3.63, 3.8) is 0 Å². The van der Waals surface area contributed by atoms with Gasteiger partial charge in [0.25, 0.3) is 0 Å². The van der Waals surface area contributed by atoms with Gasteiger partial charge in [-0.05, 0) is 13.8 Å². The van der Waals surface area contributed by atoms with Crippen LogP contribution in [0.4, 0.5) is 5.69 Å². The Labute approximate surface area is 76.2 Å². The average Bonchev–Trinajstić information content (AvgIpc) is 2.32. The quantitative estimate of drug-likeness (QED) is 0.721. The van der Waals surface area contributed by atoms with Gasteiger partial charge in [-0.25, -0.2) is 0 Å². The number of carboxylic acid groups (broad SMARTS) is 1. The lowest BCUT2D eigenvalue weighted by molar-refractivity contribution is -0.139. The standard InChI is InChI=1S/C8H13N3O2/c1-8(2,3-7(12)13)11-5-6(9)4-10-11/h4-5H,3,9H2,1-2H3,(H,12,13). The molecule has 0 spiro atoms. The van der Waals surface area contributed by atoms with Gasteiger partial charge in [0.15, 0.2) is 0 Å². The van der Waals surface area contributed by atoms with Crippen molar-refractivity contribution in [3.8, 4) is 0 Å². The van der Waals surface area contributed by atoms with E-state index in [0.717, 1.165) is 0 Å². The van der Waals surface area contributed by atoms with Crippen LogP contribution in [0.3, 0.4) is 0 Å². The van der Waals surface area contributed by atoms with Crippen LogP contribution in [0.2, 0.25) is 0 Å². The molecule has 5 nitrogen and oxygen atoms in total. The Balaban J connectivity index is 2.86. The van der Waals surface area contributed by atoms with Crippen LogP contribution in [0.25, 0.3) is 0 Å². The minimum absolute atomic E-state index is 0.0219. The Hall–Kier alpha value is -1.52. The molecule has 0 radical (unpaired) electrons. The van der Waals surface area contributed by atoms with Gasteiger partial charge in [-0.3, -0.25) is 9.48 Å². The molecule has 0 saturated carbocycles. The van der Waals surface area contributed by atoms with E-state index in [1.54, 1.807) is 24.7 Å². The van der Waals surface area contributed by atoms with Crippen molar-refractivity contribution in [2.75, 3.05) is 5.73 Å². The summed E-state index contributed by atoms with van der Waals surface area (Å²) in [6, 6.07) is 0. The lowest BCUT2D eigenvalue weighted by atomic mass is 10.0. The molecule has 0 aliphatic rings. The molecule has 1 aromatic heterocycles. The summed E-state index contributed by atoms with van der Waals surface area (Å²) in [5, 5.41) is 12.6. The van der Waals surface area contributed by atoms with Crippen LogP contribution in [0.1, 0.15) is 20.3 Å². The molecule has 0 fully saturated rings. The van der Waals surface area contributed by atoms with E-state index in [1.807, 2.05) is 0 Å². The van der Waals surface area contributed by atoms with E-state index in [1.165, 1.54) is 6.20 Å². The minimum Gasteiger partial charge on any atom is -0.481 e. The van der Waals surface area contributed by atoms with Crippen molar-refractivity contribution >= 4 is 11.7 Å². The van der Waals surface area contributed by atoms with Gasteiger partial charge in [-0.2, -0.15) is 5.10 Å². The summed E-state index contributed by atoms with van der Waals surface area (Å²) < 4.78 is 1.57. The molecule has 0 aromatic carbocycles. The number of rotatable bonds is 3. The SMILES string of the molecule is CC(C)(CC(=O)O)n1cc(N)cn1. The van der Waals surface area contributed by atoms with Gasteiger partial charge in [-0.1, -0.05) is 0 Å². The first-order valence-corrected chi connectivity index (χ1v) is 3.94. The fourth-order valence-corrected chi connectivity index (χ4v) is 1.12. The molecule has 0 atom stereocenters. The molecule has 0 amide bonds. The van der Waals surface area contributed by atoms with Crippen LogP contribution in [0, 0.1) is 0 Å². The first kappa shape index (κ1) is 9.57. The predicted molar refractivity (Wildman–Crippen MR) is 48.2 cm³/mol. The molecular weight excluding hydrogens is 170 g/mol. The minimum atomic E-state index is -0.848. The zero-order valence-corrected chi connectivity index (χ0v) is 7.69. The summed E-state index contributed by atoms with van der Waals surface area (Å²) in [6.45, 7) is 3.60. The summed E-state index contributed by atoms with van der Waals surface area (Å²) in [7, 11) is 0. The van der Waals surface area contributed by atoms with Crippen molar-refractivity contribution in [1.82, 2.24) is 9.78 Å². The summed E-state index contributed by atoms with van der Waals surface area (Å²) in [6.07, 6.45) is 3.15. The maximum absolute atomic E-state index is 10.5. The van der Waals surface area contributed by atoms with E-state index < -0.39 is 11.5 Å². The molecule has 5 heteroatoms. The van der Waals surface area contributed by atoms with Gasteiger partial charge < -0.3 is 10.8 Å². The number of carbonyl (C=O) groups is 1. The molecule has 1 aromatic rings. The van der Waals surface area contributed by atoms with Gasteiger partial charge >= 0.3 is 5.97 Å². The van der Waals surface area contributed by atoms with Crippen LogP contribution in [-0.4, -0.2) is 20.9 Å². The fourth-order valence-electron chi connectivity index (χ4n) is 1.12. The van der Waals surface area contributed by atoms with Crippen molar-refractivity contribution in [3.05, 3.63) is 12.4 Å². The first-order chi connectivity index (χ1) is 5.92. The smallest absolute Gasteiger partial charge is 0.305 e. The molecule has 13 heavy (non-hydrogen) atoms. The van der Waals surface area contributed by atoms with Gasteiger partial charge in [0.1, 0.15) is 0 Å². The van der Waals surface area contributed by atoms with Crippen molar-refractivity contribution in [2.24, 2.45) is 0 Å². The third kappa shape index (κ3) is 2.21. The van der Waals surface area contributed by atoms with Crippen LogP contribution < -0.4 is 5.73 Å². The zero-order chi connectivity index (χ0) is 10.1. The number of aromatic nitrogens is 2. The average molecular weight is 183 g/mol. The number of nitrogen functional groups attached to an aromatic ring is 1. The number of hydrogen-bond acceptors (Lipinski definition) is 3. The maximum Gasteiger partial charge on any atom is 0.305 e. The second-order valence-corrected chi connectivity index (χ2v) is 3.60. The fraction of sp³-hybridized carbons (Fsp3) is 0.500. The Kier molecular flexibility index (Phi) is 2.27. The number of nitrogens with zero attached hydrogens (tertiary/aromatic N) is 2. The highest BCUT2D eigenvalue weighted by atomic mass is 16.4. The van der Waals surface area contributed by atoms with Gasteiger partial charge in [0.2, 0.25) is 0 Å². The third-order valence-electron chi connectivity index (χ3n) is 1.81. The van der Waals surface area contributed by atoms with Crippen LogP contribution in [0.5, 0.6) is 0 Å². The lowest BCUT2D eigenvalue weighted by Crippen LogP contribution is -2.29. The molecule has 3 N–H and O–H groups in total. The molecule has 1 rings (SSSR count). The summed E-state index contributed by atoms with van der Waals surface area (Å²) in [5.41, 5.74) is 5.48. The Bertz CT molecular complexity index is 317. The van der Waals surface area contributed by atoms with Crippen LogP contribution in [0.15, 0.2) is 12.4 Å². The van der Waals surface area contributed by atoms with Crippen molar-refractivity contribution in [2.45, 2.75) is 25.8 Å². The van der Waals surface area contributed by atoms with E-state index in [4.69, 9.17) is 10.8 Å². The van der Waals surface area contributed by atoms with E-state index in [2.05, 4.69) is 5.10 Å². The monoisotopic (exact) mass is 183 g/mol. The largest absolute Gasteiger partial charge is 0.481 e. The predicted octanol–water partition coefficient (Wildman–Crippen LogP) is 0.675. The molecule has 72 valence electrons. The van der Waals surface area contributed by atoms with E-state index in [-0.39, 0.29) is 6.42 Å². The van der Waals surface area contributed by atoms with E-state index >= 15 is 0 Å². The molecule has 0 aliphatic carbocycles. The Morgan fingerprint density at radius 2 is 2.38 bits per heavy atom. The highest BCUT2D eigenvalue weighted by Crippen LogP contribution is 2.19. The second-order valence-electron chi connectivity index (χ2n) is 3.60. The van der Waals surface area contributed by atoms with Crippen LogP contribution in [-0.2, 0) is 10.3 Å². The first-order valence-electron chi connectivity index (χ1n) is 3.94. The highest BCUT2D eigenvalue weighted by Gasteiger charge is 2.24. The van der Waals surface area contributed by atoms with Gasteiger partial charge in [-0.15, -0.1) is 0 Å². The summed E-state index contributed by atoms with van der Waals surface area (Å²) in [4.78, 5) is 10.5. The van der Waals surface area contributed by atoms with Crippen molar-refractivity contribution < 1.29 is 9.90 Å². The maximum atomic E-state index is 10.5. The number of anilines is 1. The third-order valence-corrected chi connectivity index (χ3v) is 1.81. The number of carboxylic acids is 1. The zero-order valence-electron chi connectivity index (χ0n) is 7.69. The van der Waals surface area contributed by atoms with Gasteiger partial charge in [0.05, 0.1) is 23.8 Å². The normalized spacial score (nSPS) is 11.5. The lowest BCUT2D eigenvalue weighted by Gasteiger charge is -2.22. The molecular formula is C8H13N3O2. The summed E-state index contributed by atoms with van der Waals surface area (Å²) >= 11 is 0. The highest BCUT2D eigenvalue weighted by molar-refractivity contribution is 5.67. The molecule has 0 saturated heterocycles. The molecule has 0 aliphatic heterocycles. The van der Waals surface area contributed by atoms with E-state index in [9.17, 15) is 4.79 Å². The number of hydrogen-bond donors (Lipinski definition) is 2. The second kappa shape index (κ2) is 3.08. The van der Waals surface area contributed by atoms with E-state index in [0.29, 0.717) is 5.69 Å². The van der Waals surface area contributed by atoms with Crippen LogP contribution >= 0.6 is 0 Å². The van der Waals surface area contributed by atoms with Gasteiger partial charge in [0, 0.05) is 6.20 Å². The Morgan fingerprint density at radius 3 is 2.77 bits per heavy atom. The molecule has 1 heterocycles. The molecule has 0 unspecified atom stereocenters. The Morgan fingerprint density at radius 1 is 1.77 bits per heavy atom. The summed E-state index contributed by atoms with van der Waals surface area (Å²) in [5.74, 6) is -0.848. The van der Waals surface area contributed by atoms with Crippen molar-refractivity contribution in [1.29, 1.82) is 0 Å². The molecule has 0 bridgehead atoms. The topological polar surface area (TPSA) is 81.1 Å².